The Hall–Kier alpha value is -1.57. The highest BCUT2D eigenvalue weighted by Crippen LogP contribution is 2.31. The number of imidazole rings is 1. The number of hydrogen-bond acceptors (Lipinski definition) is 4. The van der Waals surface area contributed by atoms with Gasteiger partial charge in [0, 0.05) is 23.9 Å². The van der Waals surface area contributed by atoms with Gasteiger partial charge in [0.2, 0.25) is 0 Å². The fourth-order valence-electron chi connectivity index (χ4n) is 1.72. The number of carbonyl (C=O) groups excluding carboxylic acids is 1. The first-order valence-electron chi connectivity index (χ1n) is 5.72. The number of halogens is 2. The van der Waals surface area contributed by atoms with Crippen LogP contribution in [0, 0.1) is 6.92 Å². The van der Waals surface area contributed by atoms with Crippen LogP contribution in [0.2, 0.25) is 5.02 Å². The molecule has 0 aliphatic heterocycles. The van der Waals surface area contributed by atoms with Gasteiger partial charge in [0.1, 0.15) is 5.69 Å². The summed E-state index contributed by atoms with van der Waals surface area (Å²) in [5, 5.41) is 2.68. The number of amides is 1. The average Bonchev–Trinajstić information content (AvgIpc) is 2.79. The standard InChI is InChI=1S/C12H11Cl2N3O3S/c1-7-3-8(21(14,19)20)4-9(13)11(7)16-12(18)10-5-17(2)6-15-10/h3-6H,1-2H3,(H,16,18). The van der Waals surface area contributed by atoms with Crippen molar-refractivity contribution >= 4 is 42.9 Å². The largest absolute Gasteiger partial charge is 0.340 e. The highest BCUT2D eigenvalue weighted by molar-refractivity contribution is 8.13. The van der Waals surface area contributed by atoms with E-state index >= 15 is 0 Å². The maximum absolute atomic E-state index is 12.0. The number of rotatable bonds is 3. The van der Waals surface area contributed by atoms with Crippen molar-refractivity contribution in [2.45, 2.75) is 11.8 Å². The molecule has 1 aromatic heterocycles. The molecule has 1 N–H and O–H groups in total. The van der Waals surface area contributed by atoms with Gasteiger partial charge in [-0.1, -0.05) is 11.6 Å². The van der Waals surface area contributed by atoms with Crippen LogP contribution in [0.1, 0.15) is 16.1 Å². The fraction of sp³-hybridized carbons (Fsp3) is 0.167. The summed E-state index contributed by atoms with van der Waals surface area (Å²) in [4.78, 5) is 15.8. The van der Waals surface area contributed by atoms with Crippen LogP contribution < -0.4 is 5.32 Å². The minimum absolute atomic E-state index is 0.0820. The number of nitrogens with zero attached hydrogens (tertiary/aromatic N) is 2. The summed E-state index contributed by atoms with van der Waals surface area (Å²) in [5.74, 6) is -0.443. The van der Waals surface area contributed by atoms with Crippen LogP contribution in [0.4, 0.5) is 5.69 Å². The van der Waals surface area contributed by atoms with E-state index in [4.69, 9.17) is 22.3 Å². The first kappa shape index (κ1) is 15.8. The van der Waals surface area contributed by atoms with E-state index in [1.807, 2.05) is 0 Å². The van der Waals surface area contributed by atoms with Crippen molar-refractivity contribution in [3.8, 4) is 0 Å². The second kappa shape index (κ2) is 5.67. The van der Waals surface area contributed by atoms with Crippen LogP contribution >= 0.6 is 22.3 Å². The molecular formula is C12H11Cl2N3O3S. The molecule has 0 unspecified atom stereocenters. The Morgan fingerprint density at radius 1 is 1.38 bits per heavy atom. The summed E-state index contributed by atoms with van der Waals surface area (Å²) in [6.07, 6.45) is 3.04. The van der Waals surface area contributed by atoms with Gasteiger partial charge in [-0.15, -0.1) is 0 Å². The maximum Gasteiger partial charge on any atom is 0.275 e. The molecule has 0 atom stereocenters. The molecule has 0 aliphatic rings. The maximum atomic E-state index is 12.0. The van der Waals surface area contributed by atoms with E-state index in [0.29, 0.717) is 11.3 Å². The monoisotopic (exact) mass is 347 g/mol. The first-order chi connectivity index (χ1) is 9.68. The van der Waals surface area contributed by atoms with Crippen molar-refractivity contribution in [1.82, 2.24) is 9.55 Å². The summed E-state index contributed by atoms with van der Waals surface area (Å²) >= 11 is 6.01. The number of carbonyl (C=O) groups is 1. The van der Waals surface area contributed by atoms with Gasteiger partial charge in [0.25, 0.3) is 15.0 Å². The van der Waals surface area contributed by atoms with Crippen LogP contribution in [-0.4, -0.2) is 23.9 Å². The SMILES string of the molecule is Cc1cc(S(=O)(=O)Cl)cc(Cl)c1NC(=O)c1cn(C)cn1. The molecule has 1 amide bonds. The number of aryl methyl sites for hydroxylation is 2. The number of anilines is 1. The van der Waals surface area contributed by atoms with Gasteiger partial charge in [-0.05, 0) is 24.6 Å². The van der Waals surface area contributed by atoms with Gasteiger partial charge in [-0.2, -0.15) is 0 Å². The van der Waals surface area contributed by atoms with Crippen LogP contribution in [0.5, 0.6) is 0 Å². The van der Waals surface area contributed by atoms with Crippen LogP contribution in [0.25, 0.3) is 0 Å². The Kier molecular flexibility index (Phi) is 4.27. The van der Waals surface area contributed by atoms with Gasteiger partial charge in [-0.25, -0.2) is 13.4 Å². The van der Waals surface area contributed by atoms with Crippen molar-refractivity contribution in [1.29, 1.82) is 0 Å². The lowest BCUT2D eigenvalue weighted by Crippen LogP contribution is -2.14. The molecule has 21 heavy (non-hydrogen) atoms. The van der Waals surface area contributed by atoms with Gasteiger partial charge in [0.15, 0.2) is 0 Å². The normalized spacial score (nSPS) is 11.4. The lowest BCUT2D eigenvalue weighted by molar-refractivity contribution is 0.102. The molecular weight excluding hydrogens is 337 g/mol. The molecule has 0 spiro atoms. The van der Waals surface area contributed by atoms with Crippen molar-refractivity contribution in [2.24, 2.45) is 7.05 Å². The van der Waals surface area contributed by atoms with Crippen molar-refractivity contribution in [3.05, 3.63) is 40.9 Å². The highest BCUT2D eigenvalue weighted by Gasteiger charge is 2.17. The van der Waals surface area contributed by atoms with Gasteiger partial charge in [-0.3, -0.25) is 4.79 Å². The summed E-state index contributed by atoms with van der Waals surface area (Å²) in [5.41, 5.74) is 1.02. The number of hydrogen-bond donors (Lipinski definition) is 1. The fourth-order valence-corrected chi connectivity index (χ4v) is 2.94. The summed E-state index contributed by atoms with van der Waals surface area (Å²) in [7, 11) is 3.13. The van der Waals surface area contributed by atoms with Crippen molar-refractivity contribution < 1.29 is 13.2 Å². The Morgan fingerprint density at radius 3 is 2.52 bits per heavy atom. The Labute approximate surface area is 131 Å². The molecule has 0 saturated carbocycles. The molecule has 0 bridgehead atoms. The molecule has 2 aromatic rings. The molecule has 2 rings (SSSR count). The van der Waals surface area contributed by atoms with E-state index in [1.165, 1.54) is 18.5 Å². The van der Waals surface area contributed by atoms with E-state index in [-0.39, 0.29) is 15.6 Å². The van der Waals surface area contributed by atoms with Gasteiger partial charge < -0.3 is 9.88 Å². The van der Waals surface area contributed by atoms with Crippen LogP contribution in [0.3, 0.4) is 0 Å². The number of aromatic nitrogens is 2. The summed E-state index contributed by atoms with van der Waals surface area (Å²) in [6, 6.07) is 2.52. The lowest BCUT2D eigenvalue weighted by atomic mass is 10.2. The Balaban J connectivity index is 2.35. The van der Waals surface area contributed by atoms with Crippen LogP contribution in [0.15, 0.2) is 29.6 Å². The smallest absolute Gasteiger partial charge is 0.275 e. The third-order valence-corrected chi connectivity index (χ3v) is 4.35. The van der Waals surface area contributed by atoms with E-state index in [9.17, 15) is 13.2 Å². The van der Waals surface area contributed by atoms with Crippen molar-refractivity contribution in [3.63, 3.8) is 0 Å². The van der Waals surface area contributed by atoms with Gasteiger partial charge >= 0.3 is 0 Å². The van der Waals surface area contributed by atoms with E-state index in [1.54, 1.807) is 24.7 Å². The molecule has 9 heteroatoms. The molecule has 0 radical (unpaired) electrons. The third kappa shape index (κ3) is 3.55. The van der Waals surface area contributed by atoms with E-state index in [2.05, 4.69) is 10.3 Å². The van der Waals surface area contributed by atoms with E-state index < -0.39 is 15.0 Å². The summed E-state index contributed by atoms with van der Waals surface area (Å²) in [6.45, 7) is 1.62. The van der Waals surface area contributed by atoms with Gasteiger partial charge in [0.05, 0.1) is 21.9 Å². The second-order valence-corrected chi connectivity index (χ2v) is 7.39. The van der Waals surface area contributed by atoms with Crippen molar-refractivity contribution in [2.75, 3.05) is 5.32 Å². The summed E-state index contributed by atoms with van der Waals surface area (Å²) < 4.78 is 24.2. The molecule has 0 aliphatic carbocycles. The Bertz CT molecular complexity index is 792. The molecule has 0 saturated heterocycles. The van der Waals surface area contributed by atoms with Crippen LogP contribution in [-0.2, 0) is 16.1 Å². The Morgan fingerprint density at radius 2 is 2.05 bits per heavy atom. The molecule has 0 fully saturated rings. The zero-order valence-corrected chi connectivity index (χ0v) is 13.4. The topological polar surface area (TPSA) is 81.1 Å². The third-order valence-electron chi connectivity index (χ3n) is 2.72. The minimum atomic E-state index is -3.88. The number of nitrogens with one attached hydrogen (secondary N) is 1. The predicted octanol–water partition coefficient (Wildman–Crippen LogP) is 2.56. The first-order valence-corrected chi connectivity index (χ1v) is 8.41. The molecule has 1 heterocycles. The zero-order valence-electron chi connectivity index (χ0n) is 11.1. The second-order valence-electron chi connectivity index (χ2n) is 4.41. The quantitative estimate of drug-likeness (QED) is 0.865. The lowest BCUT2D eigenvalue weighted by Gasteiger charge is -2.11. The average molecular weight is 348 g/mol. The predicted molar refractivity (Wildman–Crippen MR) is 80.4 cm³/mol. The number of benzene rings is 1. The molecule has 112 valence electrons. The highest BCUT2D eigenvalue weighted by atomic mass is 35.7. The minimum Gasteiger partial charge on any atom is -0.340 e. The van der Waals surface area contributed by atoms with E-state index in [0.717, 1.165) is 0 Å². The molecule has 6 nitrogen and oxygen atoms in total. The zero-order chi connectivity index (χ0) is 15.8. The molecule has 1 aromatic carbocycles.